The van der Waals surface area contributed by atoms with E-state index < -0.39 is 5.91 Å². The van der Waals surface area contributed by atoms with Crippen molar-refractivity contribution in [1.82, 2.24) is 14.9 Å². The lowest BCUT2D eigenvalue weighted by molar-refractivity contribution is 0.0952. The summed E-state index contributed by atoms with van der Waals surface area (Å²) in [6, 6.07) is 11.8. The molecule has 0 atom stereocenters. The second-order valence-corrected chi connectivity index (χ2v) is 7.45. The van der Waals surface area contributed by atoms with Crippen LogP contribution in [0.3, 0.4) is 0 Å². The zero-order chi connectivity index (χ0) is 22.4. The molecule has 0 saturated carbocycles. The number of carbonyl (C=O) groups is 2. The van der Waals surface area contributed by atoms with Crippen molar-refractivity contribution in [2.75, 3.05) is 20.3 Å². The number of carbonyl (C=O) groups excluding carboxylic acids is 2. The quantitative estimate of drug-likeness (QED) is 0.348. The van der Waals surface area contributed by atoms with Crippen LogP contribution in [0.4, 0.5) is 0 Å². The Morgan fingerprint density at radius 2 is 2.00 bits per heavy atom. The molecule has 1 heterocycles. The topological polar surface area (TPSA) is 119 Å². The molecule has 2 amide bonds. The van der Waals surface area contributed by atoms with Crippen LogP contribution >= 0.6 is 12.2 Å². The summed E-state index contributed by atoms with van der Waals surface area (Å²) in [6.07, 6.45) is 1.22. The van der Waals surface area contributed by atoms with Crippen molar-refractivity contribution < 1.29 is 14.3 Å². The van der Waals surface area contributed by atoms with Gasteiger partial charge < -0.3 is 20.8 Å². The highest BCUT2D eigenvalue weighted by atomic mass is 32.1. The predicted molar refractivity (Wildman–Crippen MR) is 121 cm³/mol. The van der Waals surface area contributed by atoms with E-state index in [1.54, 1.807) is 43.5 Å². The third-order valence-corrected chi connectivity index (χ3v) is 5.21. The highest BCUT2D eigenvalue weighted by molar-refractivity contribution is 7.71. The van der Waals surface area contributed by atoms with Crippen LogP contribution in [0.2, 0.25) is 0 Å². The monoisotopic (exact) mass is 440 g/mol. The van der Waals surface area contributed by atoms with E-state index in [0.29, 0.717) is 59.3 Å². The van der Waals surface area contributed by atoms with Crippen molar-refractivity contribution in [2.45, 2.75) is 19.4 Å². The average Bonchev–Trinajstić information content (AvgIpc) is 2.75. The van der Waals surface area contributed by atoms with E-state index in [4.69, 9.17) is 22.7 Å². The van der Waals surface area contributed by atoms with E-state index in [1.807, 2.05) is 6.07 Å². The number of primary amides is 1. The Balaban J connectivity index is 1.71. The molecule has 0 aliphatic heterocycles. The number of aromatic amines is 1. The average molecular weight is 441 g/mol. The zero-order valence-corrected chi connectivity index (χ0v) is 18.0. The van der Waals surface area contributed by atoms with Gasteiger partial charge in [0.05, 0.1) is 10.9 Å². The third-order valence-electron chi connectivity index (χ3n) is 4.88. The van der Waals surface area contributed by atoms with Gasteiger partial charge >= 0.3 is 0 Å². The standard InChI is InChI=1S/C22H24N4O4S/c1-30-11-3-10-26-21(29)17-7-6-16(13-18(17)25-22(26)31)20(28)24-9-8-14-4-2-5-15(12-14)19(23)27/h2,4-7,12-13H,3,8-11H2,1H3,(H2,23,27)(H,24,28)(H,25,31). The molecule has 162 valence electrons. The fourth-order valence-electron chi connectivity index (χ4n) is 3.27. The smallest absolute Gasteiger partial charge is 0.262 e. The second kappa shape index (κ2) is 10.1. The number of nitrogens with two attached hydrogens (primary N) is 1. The van der Waals surface area contributed by atoms with Crippen molar-refractivity contribution in [3.8, 4) is 0 Å². The van der Waals surface area contributed by atoms with Crippen molar-refractivity contribution in [3.05, 3.63) is 74.3 Å². The summed E-state index contributed by atoms with van der Waals surface area (Å²) >= 11 is 5.31. The second-order valence-electron chi connectivity index (χ2n) is 7.06. The van der Waals surface area contributed by atoms with Gasteiger partial charge in [-0.05, 0) is 61.0 Å². The predicted octanol–water partition coefficient (Wildman–Crippen LogP) is 2.17. The maximum absolute atomic E-state index is 12.7. The Labute approximate surface area is 184 Å². The molecule has 31 heavy (non-hydrogen) atoms. The number of H-pyrrole nitrogens is 1. The SMILES string of the molecule is COCCCn1c(=S)[nH]c2cc(C(=O)NCCc3cccc(C(N)=O)c3)ccc2c1=O. The first-order valence-corrected chi connectivity index (χ1v) is 10.2. The molecule has 3 aromatic rings. The van der Waals surface area contributed by atoms with E-state index >= 15 is 0 Å². The molecule has 1 aromatic heterocycles. The Morgan fingerprint density at radius 3 is 2.74 bits per heavy atom. The first-order valence-electron chi connectivity index (χ1n) is 9.83. The van der Waals surface area contributed by atoms with Crippen molar-refractivity contribution in [1.29, 1.82) is 0 Å². The number of rotatable bonds is 9. The van der Waals surface area contributed by atoms with E-state index in [-0.39, 0.29) is 11.5 Å². The lowest BCUT2D eigenvalue weighted by Gasteiger charge is -2.10. The number of nitrogens with one attached hydrogen (secondary N) is 2. The first-order chi connectivity index (χ1) is 14.9. The summed E-state index contributed by atoms with van der Waals surface area (Å²) in [7, 11) is 1.61. The van der Waals surface area contributed by atoms with Gasteiger partial charge in [0.15, 0.2) is 4.77 Å². The molecule has 2 aromatic carbocycles. The number of ether oxygens (including phenoxy) is 1. The summed E-state index contributed by atoms with van der Waals surface area (Å²) in [5.41, 5.74) is 7.35. The molecule has 4 N–H and O–H groups in total. The van der Waals surface area contributed by atoms with Crippen LogP contribution in [-0.2, 0) is 17.7 Å². The summed E-state index contributed by atoms with van der Waals surface area (Å²) in [4.78, 5) is 39.6. The maximum atomic E-state index is 12.7. The molecule has 8 nitrogen and oxygen atoms in total. The largest absolute Gasteiger partial charge is 0.385 e. The van der Waals surface area contributed by atoms with Gasteiger partial charge in [-0.3, -0.25) is 19.0 Å². The van der Waals surface area contributed by atoms with Gasteiger partial charge in [0.1, 0.15) is 0 Å². The van der Waals surface area contributed by atoms with Gasteiger partial charge in [0.25, 0.3) is 11.5 Å². The molecular formula is C22H24N4O4S. The Kier molecular flexibility index (Phi) is 7.32. The molecule has 0 aliphatic rings. The molecule has 0 fully saturated rings. The summed E-state index contributed by atoms with van der Waals surface area (Å²) in [5, 5.41) is 3.31. The van der Waals surface area contributed by atoms with Crippen LogP contribution in [0, 0.1) is 4.77 Å². The molecule has 0 radical (unpaired) electrons. The van der Waals surface area contributed by atoms with Crippen LogP contribution in [0.1, 0.15) is 32.7 Å². The van der Waals surface area contributed by atoms with Gasteiger partial charge in [0, 0.05) is 37.9 Å². The number of nitrogens with zero attached hydrogens (tertiary/aromatic N) is 1. The number of aromatic nitrogens is 2. The van der Waals surface area contributed by atoms with Gasteiger partial charge in [-0.25, -0.2) is 0 Å². The van der Waals surface area contributed by atoms with Crippen LogP contribution in [0.25, 0.3) is 10.9 Å². The van der Waals surface area contributed by atoms with E-state index in [2.05, 4.69) is 10.3 Å². The van der Waals surface area contributed by atoms with Crippen molar-refractivity contribution >= 4 is 34.9 Å². The Hall–Kier alpha value is -3.30. The molecule has 0 saturated heterocycles. The number of amides is 2. The molecule has 3 rings (SSSR count). The maximum Gasteiger partial charge on any atom is 0.262 e. The number of hydrogen-bond donors (Lipinski definition) is 3. The highest BCUT2D eigenvalue weighted by Crippen LogP contribution is 2.11. The third kappa shape index (κ3) is 5.44. The van der Waals surface area contributed by atoms with Crippen molar-refractivity contribution in [2.24, 2.45) is 5.73 Å². The molecule has 9 heteroatoms. The van der Waals surface area contributed by atoms with E-state index in [1.165, 1.54) is 4.57 Å². The summed E-state index contributed by atoms with van der Waals surface area (Å²) < 4.78 is 6.83. The number of fused-ring (bicyclic) bond motifs is 1. The van der Waals surface area contributed by atoms with Crippen LogP contribution in [-0.4, -0.2) is 41.6 Å². The molecular weight excluding hydrogens is 416 g/mol. The van der Waals surface area contributed by atoms with Crippen LogP contribution in [0.5, 0.6) is 0 Å². The lowest BCUT2D eigenvalue weighted by atomic mass is 10.1. The normalized spacial score (nSPS) is 10.9. The van der Waals surface area contributed by atoms with Gasteiger partial charge in [-0.2, -0.15) is 0 Å². The first kappa shape index (κ1) is 22.4. The van der Waals surface area contributed by atoms with E-state index in [0.717, 1.165) is 5.56 Å². The molecule has 0 bridgehead atoms. The summed E-state index contributed by atoms with van der Waals surface area (Å²) in [5.74, 6) is -0.756. The molecule has 0 aliphatic carbocycles. The van der Waals surface area contributed by atoms with Gasteiger partial charge in [-0.15, -0.1) is 0 Å². The Morgan fingerprint density at radius 1 is 1.19 bits per heavy atom. The Bertz CT molecular complexity index is 1230. The number of benzene rings is 2. The van der Waals surface area contributed by atoms with Gasteiger partial charge in [-0.1, -0.05) is 12.1 Å². The van der Waals surface area contributed by atoms with Crippen molar-refractivity contribution in [3.63, 3.8) is 0 Å². The fourth-order valence-corrected chi connectivity index (χ4v) is 3.55. The highest BCUT2D eigenvalue weighted by Gasteiger charge is 2.10. The molecule has 0 unspecified atom stereocenters. The number of hydrogen-bond acceptors (Lipinski definition) is 5. The number of methoxy groups -OCH3 is 1. The summed E-state index contributed by atoms with van der Waals surface area (Å²) in [6.45, 7) is 1.37. The minimum absolute atomic E-state index is 0.198. The van der Waals surface area contributed by atoms with Crippen LogP contribution in [0.15, 0.2) is 47.3 Å². The molecule has 0 spiro atoms. The minimum Gasteiger partial charge on any atom is -0.385 e. The zero-order valence-electron chi connectivity index (χ0n) is 17.1. The van der Waals surface area contributed by atoms with E-state index in [9.17, 15) is 14.4 Å². The van der Waals surface area contributed by atoms with Crippen LogP contribution < -0.4 is 16.6 Å². The fraction of sp³-hybridized carbons (Fsp3) is 0.273. The lowest BCUT2D eigenvalue weighted by Crippen LogP contribution is -2.26. The minimum atomic E-state index is -0.489. The van der Waals surface area contributed by atoms with Gasteiger partial charge in [0.2, 0.25) is 5.91 Å².